The summed E-state index contributed by atoms with van der Waals surface area (Å²) in [6, 6.07) is 11.0. The van der Waals surface area contributed by atoms with Gasteiger partial charge in [0.05, 0.1) is 17.7 Å². The van der Waals surface area contributed by atoms with Crippen molar-refractivity contribution < 1.29 is 23.9 Å². The number of hydrogen-bond donors (Lipinski definition) is 1. The van der Waals surface area contributed by atoms with Gasteiger partial charge in [0.25, 0.3) is 5.91 Å². The minimum Gasteiger partial charge on any atom is -0.462 e. The number of aryl methyl sites for hydroxylation is 1. The summed E-state index contributed by atoms with van der Waals surface area (Å²) >= 11 is 7.25. The summed E-state index contributed by atoms with van der Waals surface area (Å²) < 4.78 is 10.5. The Morgan fingerprint density at radius 2 is 1.94 bits per heavy atom. The summed E-state index contributed by atoms with van der Waals surface area (Å²) in [4.78, 5) is 42.8. The van der Waals surface area contributed by atoms with Crippen LogP contribution in [0.5, 0.6) is 0 Å². The number of ether oxygens (including phenoxy) is 2. The topological polar surface area (TPSA) is 94.6 Å². The molecule has 9 heteroatoms. The number of aromatic nitrogens is 1. The number of rotatable bonds is 6. The van der Waals surface area contributed by atoms with E-state index in [1.807, 2.05) is 18.2 Å². The van der Waals surface area contributed by atoms with Crippen LogP contribution >= 0.6 is 22.9 Å². The Bertz CT molecular complexity index is 1240. The molecule has 1 amide bonds. The van der Waals surface area contributed by atoms with E-state index in [0.717, 1.165) is 22.4 Å². The van der Waals surface area contributed by atoms with E-state index in [1.54, 1.807) is 13.0 Å². The maximum atomic E-state index is 12.9. The van der Waals surface area contributed by atoms with E-state index in [-0.39, 0.29) is 17.3 Å². The van der Waals surface area contributed by atoms with Gasteiger partial charge < -0.3 is 14.8 Å². The lowest BCUT2D eigenvalue weighted by molar-refractivity contribution is -0.123. The molecule has 4 rings (SSSR count). The molecule has 33 heavy (non-hydrogen) atoms. The summed E-state index contributed by atoms with van der Waals surface area (Å²) in [6.45, 7) is 3.40. The van der Waals surface area contributed by atoms with Gasteiger partial charge in [-0.1, -0.05) is 35.9 Å². The van der Waals surface area contributed by atoms with Crippen LogP contribution < -0.4 is 5.32 Å². The lowest BCUT2D eigenvalue weighted by Gasteiger charge is -2.16. The van der Waals surface area contributed by atoms with Crippen LogP contribution in [0.4, 0.5) is 5.00 Å². The maximum Gasteiger partial charge on any atom is 0.342 e. The Morgan fingerprint density at radius 3 is 2.70 bits per heavy atom. The Morgan fingerprint density at radius 1 is 1.15 bits per heavy atom. The predicted molar refractivity (Wildman–Crippen MR) is 126 cm³/mol. The average molecular weight is 485 g/mol. The largest absolute Gasteiger partial charge is 0.462 e. The summed E-state index contributed by atoms with van der Waals surface area (Å²) in [6.07, 6.45) is 1.77. The van der Waals surface area contributed by atoms with Gasteiger partial charge in [-0.05, 0) is 55.5 Å². The van der Waals surface area contributed by atoms with Crippen molar-refractivity contribution in [2.45, 2.75) is 32.8 Å². The summed E-state index contributed by atoms with van der Waals surface area (Å²) in [5, 5.41) is 3.13. The molecule has 0 saturated carbocycles. The average Bonchev–Trinajstić information content (AvgIpc) is 3.17. The molecular weight excluding hydrogens is 464 g/mol. The standard InChI is InChI=1S/C24H21ClN2O5S/c1-3-31-24(30)18-16-11-10-14-7-4-5-8-15(14)19(16)33-22(18)27-21(28)13(2)32-23(29)17-9-6-12-26-20(17)25/h4-9,12-13H,3,10-11H2,1-2H3,(H,27,28). The van der Waals surface area contributed by atoms with E-state index in [2.05, 4.69) is 16.4 Å². The molecule has 2 heterocycles. The number of esters is 2. The van der Waals surface area contributed by atoms with Gasteiger partial charge in [0.2, 0.25) is 0 Å². The molecule has 2 aromatic heterocycles. The molecule has 0 spiro atoms. The van der Waals surface area contributed by atoms with Crippen LogP contribution in [0, 0.1) is 0 Å². The van der Waals surface area contributed by atoms with Crippen LogP contribution in [-0.2, 0) is 27.1 Å². The second-order valence-corrected chi connectivity index (χ2v) is 8.75. The van der Waals surface area contributed by atoms with Gasteiger partial charge in [0.15, 0.2) is 6.10 Å². The van der Waals surface area contributed by atoms with Gasteiger partial charge in [0, 0.05) is 11.1 Å². The quantitative estimate of drug-likeness (QED) is 0.394. The molecule has 1 atom stereocenters. The first-order chi connectivity index (χ1) is 15.9. The highest BCUT2D eigenvalue weighted by atomic mass is 35.5. The van der Waals surface area contributed by atoms with Crippen molar-refractivity contribution >= 4 is 45.8 Å². The van der Waals surface area contributed by atoms with Gasteiger partial charge in [-0.2, -0.15) is 0 Å². The zero-order chi connectivity index (χ0) is 23.5. The third kappa shape index (κ3) is 4.62. The molecule has 1 aliphatic carbocycles. The Labute approximate surface area is 199 Å². The number of nitrogens with one attached hydrogen (secondary N) is 1. The molecule has 0 radical (unpaired) electrons. The summed E-state index contributed by atoms with van der Waals surface area (Å²) in [5.74, 6) is -1.82. The molecule has 1 N–H and O–H groups in total. The molecule has 7 nitrogen and oxygen atoms in total. The number of carbonyl (C=O) groups excluding carboxylic acids is 3. The normalized spacial score (nSPS) is 12.8. The van der Waals surface area contributed by atoms with Gasteiger partial charge in [-0.25, -0.2) is 14.6 Å². The monoisotopic (exact) mass is 484 g/mol. The van der Waals surface area contributed by atoms with Gasteiger partial charge >= 0.3 is 11.9 Å². The third-order valence-corrected chi connectivity index (χ3v) is 6.74. The number of halogens is 1. The SMILES string of the molecule is CCOC(=O)c1c(NC(=O)C(C)OC(=O)c2cccnc2Cl)sc2c1CCc1ccccc1-2. The molecule has 170 valence electrons. The fourth-order valence-corrected chi connectivity index (χ4v) is 5.17. The van der Waals surface area contributed by atoms with E-state index in [1.165, 1.54) is 36.1 Å². The van der Waals surface area contributed by atoms with Crippen molar-refractivity contribution in [2.75, 3.05) is 11.9 Å². The minimum absolute atomic E-state index is 0.00990. The third-order valence-electron chi connectivity index (χ3n) is 5.26. The first-order valence-corrected chi connectivity index (χ1v) is 11.6. The van der Waals surface area contributed by atoms with Gasteiger partial charge in [-0.3, -0.25) is 4.79 Å². The highest BCUT2D eigenvalue weighted by Gasteiger charge is 2.31. The van der Waals surface area contributed by atoms with E-state index in [9.17, 15) is 14.4 Å². The van der Waals surface area contributed by atoms with Crippen molar-refractivity contribution in [1.29, 1.82) is 0 Å². The van der Waals surface area contributed by atoms with Crippen LogP contribution in [0.3, 0.4) is 0 Å². The van der Waals surface area contributed by atoms with Crippen molar-refractivity contribution in [2.24, 2.45) is 0 Å². The summed E-state index contributed by atoms with van der Waals surface area (Å²) in [7, 11) is 0. The van der Waals surface area contributed by atoms with Crippen molar-refractivity contribution in [3.8, 4) is 10.4 Å². The molecule has 0 saturated heterocycles. The second-order valence-electron chi connectivity index (χ2n) is 7.37. The number of amides is 1. The van der Waals surface area contributed by atoms with Crippen molar-refractivity contribution in [3.05, 3.63) is 70.0 Å². The molecular formula is C24H21ClN2O5S. The molecule has 1 aromatic carbocycles. The van der Waals surface area contributed by atoms with Crippen LogP contribution in [0.15, 0.2) is 42.6 Å². The van der Waals surface area contributed by atoms with Crippen LogP contribution in [-0.4, -0.2) is 35.5 Å². The first-order valence-electron chi connectivity index (χ1n) is 10.4. The van der Waals surface area contributed by atoms with Crippen LogP contribution in [0.25, 0.3) is 10.4 Å². The fourth-order valence-electron chi connectivity index (χ4n) is 3.68. The number of carbonyl (C=O) groups is 3. The van der Waals surface area contributed by atoms with Crippen molar-refractivity contribution in [1.82, 2.24) is 4.98 Å². The van der Waals surface area contributed by atoms with Crippen molar-refractivity contribution in [3.63, 3.8) is 0 Å². The Hall–Kier alpha value is -3.23. The van der Waals surface area contributed by atoms with E-state index < -0.39 is 23.9 Å². The maximum absolute atomic E-state index is 12.9. The minimum atomic E-state index is -1.13. The number of thiophene rings is 1. The Balaban J connectivity index is 1.60. The number of anilines is 1. The zero-order valence-electron chi connectivity index (χ0n) is 18.0. The zero-order valence-corrected chi connectivity index (χ0v) is 19.6. The molecule has 1 aliphatic rings. The number of fused-ring (bicyclic) bond motifs is 3. The molecule has 3 aromatic rings. The molecule has 0 fully saturated rings. The molecule has 0 bridgehead atoms. The number of benzene rings is 1. The first kappa shape index (κ1) is 22.9. The number of nitrogens with zero attached hydrogens (tertiary/aromatic N) is 1. The van der Waals surface area contributed by atoms with E-state index in [0.29, 0.717) is 17.0 Å². The highest BCUT2D eigenvalue weighted by Crippen LogP contribution is 2.45. The van der Waals surface area contributed by atoms with E-state index >= 15 is 0 Å². The highest BCUT2D eigenvalue weighted by molar-refractivity contribution is 7.20. The molecule has 1 unspecified atom stereocenters. The lowest BCUT2D eigenvalue weighted by Crippen LogP contribution is -2.30. The lowest BCUT2D eigenvalue weighted by atomic mass is 9.89. The smallest absolute Gasteiger partial charge is 0.342 e. The second kappa shape index (κ2) is 9.72. The number of hydrogen-bond acceptors (Lipinski definition) is 7. The van der Waals surface area contributed by atoms with Gasteiger partial charge in [0.1, 0.15) is 10.2 Å². The van der Waals surface area contributed by atoms with Gasteiger partial charge in [-0.15, -0.1) is 11.3 Å². The number of pyridine rings is 1. The predicted octanol–water partition coefficient (Wildman–Crippen LogP) is 4.92. The summed E-state index contributed by atoms with van der Waals surface area (Å²) in [5.41, 5.74) is 3.51. The fraction of sp³-hybridized carbons (Fsp3) is 0.250. The van der Waals surface area contributed by atoms with Crippen LogP contribution in [0.1, 0.15) is 45.7 Å². The molecule has 0 aliphatic heterocycles. The van der Waals surface area contributed by atoms with E-state index in [4.69, 9.17) is 21.1 Å². The Kier molecular flexibility index (Phi) is 6.76. The van der Waals surface area contributed by atoms with Crippen LogP contribution in [0.2, 0.25) is 5.15 Å².